The van der Waals surface area contributed by atoms with E-state index in [1.165, 1.54) is 6.07 Å². The Morgan fingerprint density at radius 1 is 1.50 bits per heavy atom. The van der Waals surface area contributed by atoms with Crippen molar-refractivity contribution in [3.05, 3.63) is 26.5 Å². The van der Waals surface area contributed by atoms with Gasteiger partial charge >= 0.3 is 0 Å². The number of hydrogen-bond acceptors (Lipinski definition) is 1. The Morgan fingerprint density at radius 3 is 2.60 bits per heavy atom. The minimum absolute atomic E-state index is 0.0457. The number of phenolic OH excluding ortho intramolecular Hbond substituents is 1. The van der Waals surface area contributed by atoms with Gasteiger partial charge in [0.25, 0.3) is 0 Å². The molecule has 0 spiro atoms. The minimum atomic E-state index is -0.438. The monoisotopic (exact) mass is 272 g/mol. The van der Waals surface area contributed by atoms with Crippen LogP contribution in [0.2, 0.25) is 5.02 Å². The summed E-state index contributed by atoms with van der Waals surface area (Å²) in [4.78, 5) is 0. The van der Waals surface area contributed by atoms with Gasteiger partial charge in [-0.25, -0.2) is 4.39 Å². The molecule has 4 heteroatoms. The van der Waals surface area contributed by atoms with Gasteiger partial charge in [-0.3, -0.25) is 0 Å². The first-order valence-electron chi connectivity index (χ1n) is 2.45. The van der Waals surface area contributed by atoms with E-state index in [1.807, 2.05) is 0 Å². The van der Waals surface area contributed by atoms with Crippen molar-refractivity contribution in [2.75, 3.05) is 0 Å². The molecule has 0 bridgehead atoms. The van der Waals surface area contributed by atoms with E-state index in [1.54, 1.807) is 22.6 Å². The van der Waals surface area contributed by atoms with Crippen LogP contribution in [0.25, 0.3) is 0 Å². The van der Waals surface area contributed by atoms with Crippen molar-refractivity contribution in [1.82, 2.24) is 0 Å². The van der Waals surface area contributed by atoms with Gasteiger partial charge in [0.1, 0.15) is 11.6 Å². The number of benzene rings is 1. The molecule has 1 N–H and O–H groups in total. The highest BCUT2D eigenvalue weighted by Crippen LogP contribution is 2.29. The van der Waals surface area contributed by atoms with Crippen LogP contribution in [0, 0.1) is 9.39 Å². The van der Waals surface area contributed by atoms with Gasteiger partial charge in [-0.2, -0.15) is 0 Å². The number of halogens is 3. The Bertz CT molecular complexity index is 241. The van der Waals surface area contributed by atoms with Crippen LogP contribution < -0.4 is 0 Å². The average Bonchev–Trinajstić information content (AvgIpc) is 1.82. The van der Waals surface area contributed by atoms with Crippen molar-refractivity contribution in [2.24, 2.45) is 0 Å². The molecule has 0 fully saturated rings. The van der Waals surface area contributed by atoms with Gasteiger partial charge in [0, 0.05) is 0 Å². The summed E-state index contributed by atoms with van der Waals surface area (Å²) in [5, 5.41) is 9.07. The molecule has 10 heavy (non-hydrogen) atoms. The van der Waals surface area contributed by atoms with E-state index in [2.05, 4.69) is 0 Å². The van der Waals surface area contributed by atoms with Gasteiger partial charge in [-0.15, -0.1) is 0 Å². The smallest absolute Gasteiger partial charge is 0.147 e. The lowest BCUT2D eigenvalue weighted by Crippen LogP contribution is -1.78. The van der Waals surface area contributed by atoms with Crippen molar-refractivity contribution in [3.8, 4) is 5.75 Å². The number of aromatic hydroxyl groups is 1. The number of rotatable bonds is 0. The van der Waals surface area contributed by atoms with E-state index in [0.29, 0.717) is 3.57 Å². The van der Waals surface area contributed by atoms with Gasteiger partial charge in [0.2, 0.25) is 0 Å². The molecule has 0 aliphatic carbocycles. The third-order valence-corrected chi connectivity index (χ3v) is 2.09. The van der Waals surface area contributed by atoms with Crippen molar-refractivity contribution >= 4 is 34.2 Å². The van der Waals surface area contributed by atoms with Crippen LogP contribution in [-0.2, 0) is 0 Å². The van der Waals surface area contributed by atoms with Crippen molar-refractivity contribution < 1.29 is 9.50 Å². The molecule has 0 atom stereocenters. The first-order valence-corrected chi connectivity index (χ1v) is 3.90. The van der Waals surface area contributed by atoms with Crippen LogP contribution in [0.1, 0.15) is 0 Å². The second-order valence-corrected chi connectivity index (χ2v) is 3.29. The Morgan fingerprint density at radius 2 is 2.10 bits per heavy atom. The summed E-state index contributed by atoms with van der Waals surface area (Å²) >= 11 is 7.23. The summed E-state index contributed by atoms with van der Waals surface area (Å²) in [6.45, 7) is 0. The molecule has 0 saturated heterocycles. The maximum atomic E-state index is 12.4. The number of phenols is 1. The zero-order chi connectivity index (χ0) is 7.72. The standard InChI is InChI=1S/C6H3ClFIO/c7-4-1-3(8)2-5(9)6(4)10/h1-2,10H. The molecule has 0 saturated carbocycles. The maximum Gasteiger partial charge on any atom is 0.147 e. The summed E-state index contributed by atoms with van der Waals surface area (Å²) < 4.78 is 12.8. The maximum absolute atomic E-state index is 12.4. The van der Waals surface area contributed by atoms with E-state index in [4.69, 9.17) is 16.7 Å². The minimum Gasteiger partial charge on any atom is -0.505 e. The summed E-state index contributed by atoms with van der Waals surface area (Å²) in [7, 11) is 0. The van der Waals surface area contributed by atoms with E-state index in [0.717, 1.165) is 6.07 Å². The predicted molar refractivity (Wildman–Crippen MR) is 45.8 cm³/mol. The van der Waals surface area contributed by atoms with Gasteiger partial charge in [0.15, 0.2) is 0 Å². The molecular weight excluding hydrogens is 269 g/mol. The van der Waals surface area contributed by atoms with Crippen molar-refractivity contribution in [3.63, 3.8) is 0 Å². The third kappa shape index (κ3) is 1.52. The van der Waals surface area contributed by atoms with Crippen LogP contribution in [0.4, 0.5) is 4.39 Å². The third-order valence-electron chi connectivity index (χ3n) is 0.982. The second-order valence-electron chi connectivity index (χ2n) is 1.72. The van der Waals surface area contributed by atoms with Crippen LogP contribution in [-0.4, -0.2) is 5.11 Å². The normalized spacial score (nSPS) is 9.90. The summed E-state index contributed by atoms with van der Waals surface area (Å²) in [5.41, 5.74) is 0. The molecule has 54 valence electrons. The Hall–Kier alpha value is -0.0300. The summed E-state index contributed by atoms with van der Waals surface area (Å²) in [6, 6.07) is 2.28. The zero-order valence-electron chi connectivity index (χ0n) is 4.74. The lowest BCUT2D eigenvalue weighted by molar-refractivity contribution is 0.469. The molecule has 0 amide bonds. The molecule has 1 rings (SSSR count). The molecule has 0 aromatic heterocycles. The van der Waals surface area contributed by atoms with Crippen LogP contribution in [0.15, 0.2) is 12.1 Å². The largest absolute Gasteiger partial charge is 0.505 e. The Labute approximate surface area is 76.0 Å². The molecule has 0 heterocycles. The summed E-state index contributed by atoms with van der Waals surface area (Å²) in [6.07, 6.45) is 0. The Balaban J connectivity index is 3.31. The van der Waals surface area contributed by atoms with E-state index in [-0.39, 0.29) is 10.8 Å². The highest BCUT2D eigenvalue weighted by molar-refractivity contribution is 14.1. The fourth-order valence-electron chi connectivity index (χ4n) is 0.535. The van der Waals surface area contributed by atoms with E-state index < -0.39 is 5.82 Å². The first kappa shape index (κ1) is 8.07. The molecule has 0 unspecified atom stereocenters. The lowest BCUT2D eigenvalue weighted by Gasteiger charge is -1.98. The quantitative estimate of drug-likeness (QED) is 0.720. The van der Waals surface area contributed by atoms with Crippen LogP contribution in [0.5, 0.6) is 5.75 Å². The van der Waals surface area contributed by atoms with Crippen molar-refractivity contribution in [1.29, 1.82) is 0 Å². The zero-order valence-corrected chi connectivity index (χ0v) is 7.65. The fraction of sp³-hybridized carbons (Fsp3) is 0. The lowest BCUT2D eigenvalue weighted by atomic mass is 10.3. The molecule has 1 aromatic rings. The fourth-order valence-corrected chi connectivity index (χ4v) is 1.49. The van der Waals surface area contributed by atoms with E-state index >= 15 is 0 Å². The van der Waals surface area contributed by atoms with Crippen LogP contribution in [0.3, 0.4) is 0 Å². The molecule has 0 aliphatic heterocycles. The van der Waals surface area contributed by atoms with Gasteiger partial charge in [0.05, 0.1) is 8.59 Å². The summed E-state index contributed by atoms with van der Waals surface area (Å²) in [5.74, 6) is -0.504. The van der Waals surface area contributed by atoms with Crippen molar-refractivity contribution in [2.45, 2.75) is 0 Å². The molecular formula is C6H3ClFIO. The molecule has 0 aliphatic rings. The van der Waals surface area contributed by atoms with Gasteiger partial charge in [-0.05, 0) is 34.7 Å². The predicted octanol–water partition coefficient (Wildman–Crippen LogP) is 2.79. The highest BCUT2D eigenvalue weighted by atomic mass is 127. The van der Waals surface area contributed by atoms with E-state index in [9.17, 15) is 4.39 Å². The second kappa shape index (κ2) is 2.92. The molecule has 0 radical (unpaired) electrons. The highest BCUT2D eigenvalue weighted by Gasteiger charge is 2.04. The number of hydrogen-bond donors (Lipinski definition) is 1. The SMILES string of the molecule is Oc1c(Cl)cc(F)cc1I. The average molecular weight is 272 g/mol. The molecule has 1 nitrogen and oxygen atoms in total. The first-order chi connectivity index (χ1) is 4.61. The van der Waals surface area contributed by atoms with Crippen LogP contribution >= 0.6 is 34.2 Å². The van der Waals surface area contributed by atoms with Gasteiger partial charge < -0.3 is 5.11 Å². The molecule has 1 aromatic carbocycles. The Kier molecular flexibility index (Phi) is 2.36. The van der Waals surface area contributed by atoms with Gasteiger partial charge in [-0.1, -0.05) is 11.6 Å². The topological polar surface area (TPSA) is 20.2 Å².